The number of aryl methyl sites for hydroxylation is 1. The van der Waals surface area contributed by atoms with Crippen LogP contribution in [0.1, 0.15) is 48.3 Å². The molecule has 2 aromatic carbocycles. The largest absolute Gasteiger partial charge is 0.478 e. The average molecular weight is 565 g/mol. The Bertz CT molecular complexity index is 1560. The second kappa shape index (κ2) is 10.7. The lowest BCUT2D eigenvalue weighted by molar-refractivity contribution is -0.143. The lowest BCUT2D eigenvalue weighted by atomic mass is 9.83. The van der Waals surface area contributed by atoms with E-state index in [0.717, 1.165) is 53.9 Å². The third kappa shape index (κ3) is 5.83. The molecule has 1 saturated heterocycles. The molecule has 0 amide bonds. The monoisotopic (exact) mass is 564 g/mol. The van der Waals surface area contributed by atoms with Gasteiger partial charge in [0.25, 0.3) is 0 Å². The van der Waals surface area contributed by atoms with Crippen molar-refractivity contribution in [2.45, 2.75) is 45.4 Å². The number of aromatic carboxylic acids is 1. The van der Waals surface area contributed by atoms with Crippen LogP contribution in [0.25, 0.3) is 28.2 Å². The van der Waals surface area contributed by atoms with E-state index in [9.17, 15) is 28.2 Å². The Labute approximate surface area is 235 Å². The van der Waals surface area contributed by atoms with Gasteiger partial charge in [0.15, 0.2) is 11.5 Å². The molecule has 41 heavy (non-hydrogen) atoms. The summed E-state index contributed by atoms with van der Waals surface area (Å²) < 4.78 is 42.0. The number of anilines is 1. The predicted molar refractivity (Wildman–Crippen MR) is 150 cm³/mol. The van der Waals surface area contributed by atoms with Crippen LogP contribution in [0.15, 0.2) is 66.9 Å². The highest BCUT2D eigenvalue weighted by atomic mass is 19.4. The zero-order valence-corrected chi connectivity index (χ0v) is 23.0. The Kier molecular flexibility index (Phi) is 7.37. The maximum absolute atomic E-state index is 13.8. The Morgan fingerprint density at radius 2 is 1.66 bits per heavy atom. The smallest absolute Gasteiger partial charge is 0.434 e. The minimum atomic E-state index is -4.94. The molecule has 3 heterocycles. The standard InChI is InChI=1S/C31H31F3N4O3/c1-19-7-12-23(20-8-10-22(11-9-20)37-15-13-21(14-16-37)30(2,3)41)24(17-19)26-5-4-6-27(36-26)38-28(31(32,33)34)25(18-35-38)29(39)40/h4-12,17-18,21,41H,13-16H2,1-3H3,(H,39,40). The number of aromatic nitrogens is 3. The second-order valence-electron chi connectivity index (χ2n) is 11.0. The molecule has 0 atom stereocenters. The van der Waals surface area contributed by atoms with Crippen LogP contribution in [0.3, 0.4) is 0 Å². The first-order valence-corrected chi connectivity index (χ1v) is 13.4. The minimum Gasteiger partial charge on any atom is -0.478 e. The molecule has 0 spiro atoms. The summed E-state index contributed by atoms with van der Waals surface area (Å²) in [4.78, 5) is 18.2. The van der Waals surface area contributed by atoms with Gasteiger partial charge in [0.05, 0.1) is 17.5 Å². The fraction of sp³-hybridized carbons (Fsp3) is 0.323. The van der Waals surface area contributed by atoms with Crippen LogP contribution in [0.5, 0.6) is 0 Å². The van der Waals surface area contributed by atoms with Crippen molar-refractivity contribution in [3.8, 4) is 28.2 Å². The molecule has 5 rings (SSSR count). The van der Waals surface area contributed by atoms with Gasteiger partial charge in [0, 0.05) is 24.3 Å². The summed E-state index contributed by atoms with van der Waals surface area (Å²) in [5.74, 6) is -1.59. The highest BCUT2D eigenvalue weighted by molar-refractivity contribution is 5.89. The molecule has 214 valence electrons. The van der Waals surface area contributed by atoms with Crippen LogP contribution in [0, 0.1) is 12.8 Å². The summed E-state index contributed by atoms with van der Waals surface area (Å²) in [7, 11) is 0. The first kappa shape index (κ1) is 28.4. The molecule has 4 aromatic rings. The number of carboxylic acids is 1. The van der Waals surface area contributed by atoms with Crippen LogP contribution in [0.2, 0.25) is 0 Å². The number of pyridine rings is 1. The lowest BCUT2D eigenvalue weighted by Gasteiger charge is -2.38. The third-order valence-corrected chi connectivity index (χ3v) is 7.71. The lowest BCUT2D eigenvalue weighted by Crippen LogP contribution is -2.41. The third-order valence-electron chi connectivity index (χ3n) is 7.71. The van der Waals surface area contributed by atoms with E-state index in [1.54, 1.807) is 12.1 Å². The van der Waals surface area contributed by atoms with Gasteiger partial charge in [-0.2, -0.15) is 18.3 Å². The van der Waals surface area contributed by atoms with Gasteiger partial charge in [-0.3, -0.25) is 0 Å². The van der Waals surface area contributed by atoms with Crippen molar-refractivity contribution in [3.05, 3.63) is 83.7 Å². The fourth-order valence-corrected chi connectivity index (χ4v) is 5.46. The van der Waals surface area contributed by atoms with Crippen molar-refractivity contribution >= 4 is 11.7 Å². The summed E-state index contributed by atoms with van der Waals surface area (Å²) >= 11 is 0. The number of nitrogens with zero attached hydrogens (tertiary/aromatic N) is 4. The minimum absolute atomic E-state index is 0.139. The number of hydrogen-bond acceptors (Lipinski definition) is 5. The molecular formula is C31H31F3N4O3. The van der Waals surface area contributed by atoms with Crippen LogP contribution in [0.4, 0.5) is 18.9 Å². The number of halogens is 3. The zero-order chi connectivity index (χ0) is 29.5. The molecule has 0 radical (unpaired) electrons. The van der Waals surface area contributed by atoms with Crippen molar-refractivity contribution in [2.24, 2.45) is 5.92 Å². The topological polar surface area (TPSA) is 91.5 Å². The maximum atomic E-state index is 13.8. The molecule has 0 bridgehead atoms. The van der Waals surface area contributed by atoms with Crippen molar-refractivity contribution in [2.75, 3.05) is 18.0 Å². The van der Waals surface area contributed by atoms with E-state index in [1.807, 2.05) is 51.1 Å². The predicted octanol–water partition coefficient (Wildman–Crippen LogP) is 6.61. The quantitative estimate of drug-likeness (QED) is 0.274. The molecule has 0 unspecified atom stereocenters. The van der Waals surface area contributed by atoms with Gasteiger partial charge in [-0.05, 0) is 81.0 Å². The van der Waals surface area contributed by atoms with Gasteiger partial charge in [-0.15, -0.1) is 0 Å². The number of benzene rings is 2. The molecule has 2 N–H and O–H groups in total. The Hall–Kier alpha value is -4.18. The zero-order valence-electron chi connectivity index (χ0n) is 23.0. The van der Waals surface area contributed by atoms with E-state index in [-0.39, 0.29) is 11.7 Å². The first-order valence-electron chi connectivity index (χ1n) is 13.4. The van der Waals surface area contributed by atoms with Crippen molar-refractivity contribution in [1.82, 2.24) is 14.8 Å². The van der Waals surface area contributed by atoms with Crippen molar-refractivity contribution in [1.29, 1.82) is 0 Å². The van der Waals surface area contributed by atoms with Gasteiger partial charge in [-0.1, -0.05) is 35.9 Å². The van der Waals surface area contributed by atoms with E-state index in [2.05, 4.69) is 27.1 Å². The van der Waals surface area contributed by atoms with Crippen molar-refractivity contribution < 1.29 is 28.2 Å². The average Bonchev–Trinajstić information content (AvgIpc) is 3.40. The van der Waals surface area contributed by atoms with E-state index in [4.69, 9.17) is 0 Å². The number of carboxylic acid groups (broad SMARTS) is 1. The molecule has 7 nitrogen and oxygen atoms in total. The summed E-state index contributed by atoms with van der Waals surface area (Å²) in [6.45, 7) is 7.37. The summed E-state index contributed by atoms with van der Waals surface area (Å²) in [5, 5.41) is 23.3. The molecule has 1 aliphatic rings. The maximum Gasteiger partial charge on any atom is 0.434 e. The van der Waals surface area contributed by atoms with Gasteiger partial charge in [0.2, 0.25) is 0 Å². The molecule has 10 heteroatoms. The van der Waals surface area contributed by atoms with E-state index >= 15 is 0 Å². The number of hydrogen-bond donors (Lipinski definition) is 2. The van der Waals surface area contributed by atoms with E-state index in [0.29, 0.717) is 16.6 Å². The first-order chi connectivity index (χ1) is 19.3. The summed E-state index contributed by atoms with van der Waals surface area (Å²) in [6, 6.07) is 18.6. The molecule has 0 saturated carbocycles. The Morgan fingerprint density at radius 1 is 0.976 bits per heavy atom. The van der Waals surface area contributed by atoms with Crippen LogP contribution in [-0.4, -0.2) is 49.6 Å². The number of piperidine rings is 1. The number of aliphatic hydroxyl groups is 1. The highest BCUT2D eigenvalue weighted by Crippen LogP contribution is 2.37. The van der Waals surface area contributed by atoms with Crippen LogP contribution >= 0.6 is 0 Å². The summed E-state index contributed by atoms with van der Waals surface area (Å²) in [6.07, 6.45) is -2.43. The highest BCUT2D eigenvalue weighted by Gasteiger charge is 2.41. The van der Waals surface area contributed by atoms with Gasteiger partial charge in [0.1, 0.15) is 5.56 Å². The van der Waals surface area contributed by atoms with Gasteiger partial charge in [-0.25, -0.2) is 14.5 Å². The number of alkyl halides is 3. The van der Waals surface area contributed by atoms with Gasteiger partial charge < -0.3 is 15.1 Å². The summed E-state index contributed by atoms with van der Waals surface area (Å²) in [5.41, 5.74) is 1.96. The molecule has 1 aliphatic heterocycles. The normalized spacial score (nSPS) is 14.9. The van der Waals surface area contributed by atoms with Crippen LogP contribution < -0.4 is 4.90 Å². The Morgan fingerprint density at radius 3 is 2.27 bits per heavy atom. The molecule has 1 fully saturated rings. The number of carbonyl (C=O) groups is 1. The van der Waals surface area contributed by atoms with E-state index < -0.39 is 29.0 Å². The fourth-order valence-electron chi connectivity index (χ4n) is 5.46. The number of rotatable bonds is 6. The molecule has 2 aromatic heterocycles. The Balaban J connectivity index is 1.48. The molecular weight excluding hydrogens is 533 g/mol. The SMILES string of the molecule is Cc1ccc(-c2ccc(N3CCC(C(C)(C)O)CC3)cc2)c(-c2cccc(-n3ncc(C(=O)O)c3C(F)(F)F)n2)c1. The second-order valence-corrected chi connectivity index (χ2v) is 11.0. The van der Waals surface area contributed by atoms with Gasteiger partial charge >= 0.3 is 12.1 Å². The van der Waals surface area contributed by atoms with E-state index in [1.165, 1.54) is 6.07 Å². The molecule has 0 aliphatic carbocycles. The van der Waals surface area contributed by atoms with Crippen molar-refractivity contribution in [3.63, 3.8) is 0 Å². The van der Waals surface area contributed by atoms with Crippen LogP contribution in [-0.2, 0) is 6.18 Å².